The topological polar surface area (TPSA) is 62.5 Å². The van der Waals surface area contributed by atoms with Gasteiger partial charge in [-0.2, -0.15) is 0 Å². The first-order chi connectivity index (χ1) is 13.1. The van der Waals surface area contributed by atoms with Crippen molar-refractivity contribution in [3.8, 4) is 0 Å². The number of pyridine rings is 1. The van der Waals surface area contributed by atoms with Crippen LogP contribution in [0.3, 0.4) is 0 Å². The number of ketones is 1. The Hall–Kier alpha value is -2.21. The highest BCUT2D eigenvalue weighted by molar-refractivity contribution is 5.93. The van der Waals surface area contributed by atoms with Gasteiger partial charge in [0.25, 0.3) is 0 Å². The molecule has 0 N–H and O–H groups in total. The number of Topliss-reactive ketones (excluding diaryl/α,β-unsaturated/α-hetero) is 1. The van der Waals surface area contributed by atoms with Crippen molar-refractivity contribution in [3.05, 3.63) is 41.4 Å². The molecule has 0 aromatic carbocycles. The number of carbonyl (C=O) groups excluding carboxylic acids is 1. The lowest BCUT2D eigenvalue weighted by atomic mass is 10.2. The summed E-state index contributed by atoms with van der Waals surface area (Å²) in [6.07, 6.45) is 2.58. The molecule has 0 amide bonds. The smallest absolute Gasteiger partial charge is 0.161 e. The second-order valence-electron chi connectivity index (χ2n) is 5.97. The zero-order chi connectivity index (χ0) is 20.2. The van der Waals surface area contributed by atoms with E-state index in [0.29, 0.717) is 5.56 Å². The third-order valence-corrected chi connectivity index (χ3v) is 4.21. The normalized spacial score (nSPS) is 13.9. The first-order valence-electron chi connectivity index (χ1n) is 9.98. The van der Waals surface area contributed by atoms with Crippen LogP contribution in [0.25, 0.3) is 0 Å². The number of nitrogens with zero attached hydrogens (tertiary/aromatic N) is 4. The minimum atomic E-state index is 0.0527. The third kappa shape index (κ3) is 7.13. The van der Waals surface area contributed by atoms with E-state index >= 15 is 0 Å². The third-order valence-electron chi connectivity index (χ3n) is 4.21. The molecule has 0 saturated carbocycles. The van der Waals surface area contributed by atoms with E-state index in [-0.39, 0.29) is 5.78 Å². The number of piperazine rings is 1. The van der Waals surface area contributed by atoms with Crippen LogP contribution >= 0.6 is 0 Å². The molecule has 0 atom stereocenters. The van der Waals surface area contributed by atoms with E-state index in [1.54, 1.807) is 13.1 Å². The predicted octanol–water partition coefficient (Wildman–Crippen LogP) is 4.00. The van der Waals surface area contributed by atoms with Crippen LogP contribution in [0.1, 0.15) is 56.4 Å². The van der Waals surface area contributed by atoms with Crippen LogP contribution < -0.4 is 4.90 Å². The monoisotopic (exact) mass is 374 g/mol. The number of rotatable bonds is 5. The Bertz CT molecular complexity index is 659. The molecule has 6 nitrogen and oxygen atoms in total. The Kier molecular flexibility index (Phi) is 10.3. The van der Waals surface area contributed by atoms with Gasteiger partial charge in [-0.3, -0.25) is 9.69 Å². The van der Waals surface area contributed by atoms with Crippen LogP contribution in [0.15, 0.2) is 28.9 Å². The Labute approximate surface area is 163 Å². The second kappa shape index (κ2) is 12.2. The Balaban J connectivity index is 0.000000855. The van der Waals surface area contributed by atoms with Crippen LogP contribution in [-0.4, -0.2) is 53.5 Å². The fourth-order valence-electron chi connectivity index (χ4n) is 2.79. The lowest BCUT2D eigenvalue weighted by Gasteiger charge is -2.35. The van der Waals surface area contributed by atoms with Gasteiger partial charge in [0, 0.05) is 57.0 Å². The molecule has 3 rings (SSSR count). The molecule has 27 heavy (non-hydrogen) atoms. The average molecular weight is 375 g/mol. The fraction of sp³-hybridized carbons (Fsp3) is 0.571. The number of aryl methyl sites for hydroxylation is 1. The van der Waals surface area contributed by atoms with E-state index in [4.69, 9.17) is 4.52 Å². The predicted molar refractivity (Wildman–Crippen MR) is 111 cm³/mol. The minimum Gasteiger partial charge on any atom is -0.361 e. The number of anilines is 1. The van der Waals surface area contributed by atoms with Crippen molar-refractivity contribution in [2.45, 2.75) is 48.0 Å². The first kappa shape index (κ1) is 22.8. The Morgan fingerprint density at radius 3 is 2.26 bits per heavy atom. The molecule has 1 aliphatic rings. The summed E-state index contributed by atoms with van der Waals surface area (Å²) in [5.41, 5.74) is 1.68. The largest absolute Gasteiger partial charge is 0.361 e. The Morgan fingerprint density at radius 1 is 1.11 bits per heavy atom. The van der Waals surface area contributed by atoms with E-state index in [0.717, 1.165) is 56.4 Å². The summed E-state index contributed by atoms with van der Waals surface area (Å²) in [7, 11) is 0. The summed E-state index contributed by atoms with van der Waals surface area (Å²) in [5.74, 6) is 1.86. The van der Waals surface area contributed by atoms with Gasteiger partial charge in [0.15, 0.2) is 5.78 Å². The highest BCUT2D eigenvalue weighted by atomic mass is 16.5. The van der Waals surface area contributed by atoms with E-state index in [9.17, 15) is 4.79 Å². The van der Waals surface area contributed by atoms with Crippen molar-refractivity contribution >= 4 is 11.6 Å². The molecule has 1 saturated heterocycles. The van der Waals surface area contributed by atoms with Crippen molar-refractivity contribution in [3.63, 3.8) is 0 Å². The van der Waals surface area contributed by atoms with Crippen molar-refractivity contribution in [2.75, 3.05) is 37.6 Å². The van der Waals surface area contributed by atoms with Crippen LogP contribution in [0.5, 0.6) is 0 Å². The van der Waals surface area contributed by atoms with E-state index in [1.807, 2.05) is 52.8 Å². The molecular formula is C21H34N4O2. The quantitative estimate of drug-likeness (QED) is 0.737. The second-order valence-corrected chi connectivity index (χ2v) is 5.97. The van der Waals surface area contributed by atoms with Gasteiger partial charge >= 0.3 is 0 Å². The molecule has 2 aromatic heterocycles. The van der Waals surface area contributed by atoms with Gasteiger partial charge in [0.2, 0.25) is 0 Å². The summed E-state index contributed by atoms with van der Waals surface area (Å²) in [6, 6.07) is 5.78. The maximum Gasteiger partial charge on any atom is 0.161 e. The van der Waals surface area contributed by atoms with E-state index in [1.165, 1.54) is 0 Å². The van der Waals surface area contributed by atoms with Crippen molar-refractivity contribution in [1.82, 2.24) is 15.0 Å². The molecule has 0 spiro atoms. The van der Waals surface area contributed by atoms with Crippen molar-refractivity contribution in [1.29, 1.82) is 0 Å². The molecule has 0 unspecified atom stereocenters. The lowest BCUT2D eigenvalue weighted by molar-refractivity contribution is 0.101. The molecule has 0 bridgehead atoms. The Morgan fingerprint density at radius 2 is 1.78 bits per heavy atom. The molecule has 1 fully saturated rings. The molecule has 0 aliphatic carbocycles. The van der Waals surface area contributed by atoms with Crippen molar-refractivity contribution in [2.24, 2.45) is 0 Å². The standard InChI is InChI=1S/C17H22N4O2.2C2H6/c1-13-11-16(19-23-13)5-6-20-7-9-21(10-8-20)17-4-3-15(12-18-17)14(2)22;2*1-2/h3-4,11-12H,5-10H2,1-2H3;2*1-2H3. The fourth-order valence-corrected chi connectivity index (χ4v) is 2.79. The summed E-state index contributed by atoms with van der Waals surface area (Å²) in [6.45, 7) is 16.4. The van der Waals surface area contributed by atoms with Gasteiger partial charge in [-0.15, -0.1) is 0 Å². The van der Waals surface area contributed by atoms with Crippen LogP contribution in [-0.2, 0) is 6.42 Å². The van der Waals surface area contributed by atoms with Gasteiger partial charge in [-0.25, -0.2) is 4.98 Å². The maximum absolute atomic E-state index is 11.3. The van der Waals surface area contributed by atoms with Gasteiger partial charge in [0.1, 0.15) is 11.6 Å². The zero-order valence-corrected chi connectivity index (χ0v) is 17.7. The van der Waals surface area contributed by atoms with Crippen LogP contribution in [0, 0.1) is 6.92 Å². The van der Waals surface area contributed by atoms with Gasteiger partial charge in [-0.05, 0) is 26.0 Å². The zero-order valence-electron chi connectivity index (χ0n) is 17.7. The summed E-state index contributed by atoms with van der Waals surface area (Å²) >= 11 is 0. The summed E-state index contributed by atoms with van der Waals surface area (Å²) in [4.78, 5) is 20.4. The molecule has 2 aromatic rings. The molecule has 1 aliphatic heterocycles. The van der Waals surface area contributed by atoms with Gasteiger partial charge < -0.3 is 9.42 Å². The SMILES string of the molecule is CC.CC.CC(=O)c1ccc(N2CCN(CCc3cc(C)on3)CC2)nc1. The summed E-state index contributed by atoms with van der Waals surface area (Å²) in [5, 5.41) is 4.04. The average Bonchev–Trinajstić information content (AvgIpc) is 3.15. The van der Waals surface area contributed by atoms with Crippen molar-refractivity contribution < 1.29 is 9.32 Å². The van der Waals surface area contributed by atoms with E-state index in [2.05, 4.69) is 19.9 Å². The maximum atomic E-state index is 11.3. The van der Waals surface area contributed by atoms with E-state index < -0.39 is 0 Å². The van der Waals surface area contributed by atoms with Gasteiger partial charge in [-0.1, -0.05) is 32.9 Å². The molecule has 0 radical (unpaired) electrons. The van der Waals surface area contributed by atoms with Crippen LogP contribution in [0.2, 0.25) is 0 Å². The minimum absolute atomic E-state index is 0.0527. The highest BCUT2D eigenvalue weighted by Gasteiger charge is 2.18. The van der Waals surface area contributed by atoms with Gasteiger partial charge in [0.05, 0.1) is 5.69 Å². The number of carbonyl (C=O) groups is 1. The molecule has 6 heteroatoms. The molecule has 3 heterocycles. The lowest BCUT2D eigenvalue weighted by Crippen LogP contribution is -2.47. The molecule has 150 valence electrons. The highest BCUT2D eigenvalue weighted by Crippen LogP contribution is 2.14. The van der Waals surface area contributed by atoms with Crippen LogP contribution in [0.4, 0.5) is 5.82 Å². The first-order valence-corrected chi connectivity index (χ1v) is 9.98. The number of hydrogen-bond donors (Lipinski definition) is 0. The summed E-state index contributed by atoms with van der Waals surface area (Å²) < 4.78 is 5.10. The number of hydrogen-bond acceptors (Lipinski definition) is 6. The number of aromatic nitrogens is 2. The molecular weight excluding hydrogens is 340 g/mol.